The lowest BCUT2D eigenvalue weighted by Gasteiger charge is -2.41. The van der Waals surface area contributed by atoms with Crippen molar-refractivity contribution in [3.05, 3.63) is 54.3 Å². The average Bonchev–Trinajstić information content (AvgIpc) is 3.17. The van der Waals surface area contributed by atoms with Crippen molar-refractivity contribution >= 4 is 40.9 Å². The summed E-state index contributed by atoms with van der Waals surface area (Å²) in [6, 6.07) is 13.1. The van der Waals surface area contributed by atoms with E-state index in [9.17, 15) is 18.8 Å². The molecule has 0 bridgehead atoms. The number of fused-ring (bicyclic) bond motifs is 1. The van der Waals surface area contributed by atoms with Gasteiger partial charge < -0.3 is 14.6 Å². The number of anilines is 2. The summed E-state index contributed by atoms with van der Waals surface area (Å²) in [5, 5.41) is 11.2. The summed E-state index contributed by atoms with van der Waals surface area (Å²) in [6.07, 6.45) is 0. The lowest BCUT2D eigenvalue weighted by Crippen LogP contribution is -2.59. The first-order chi connectivity index (χ1) is 16.2. The first-order valence-corrected chi connectivity index (χ1v) is 11.3. The molecule has 0 saturated carbocycles. The molecule has 0 spiro atoms. The Kier molecular flexibility index (Phi) is 6.38. The number of benzene rings is 2. The van der Waals surface area contributed by atoms with E-state index in [2.05, 4.69) is 15.5 Å². The highest BCUT2D eigenvalue weighted by Crippen LogP contribution is 2.36. The molecule has 0 atom stereocenters. The van der Waals surface area contributed by atoms with E-state index in [1.165, 1.54) is 11.0 Å². The molecule has 0 aliphatic carbocycles. The SMILES string of the molecule is Cn1c(SCC(=O)OCC(=O)N2c3ccccc3NC(=O)C2(C)C)nnc1-c1ccccc1F. The van der Waals surface area contributed by atoms with Crippen molar-refractivity contribution in [2.75, 3.05) is 22.6 Å². The van der Waals surface area contributed by atoms with Crippen molar-refractivity contribution in [1.82, 2.24) is 14.8 Å². The molecule has 0 unspecified atom stereocenters. The molecule has 176 valence electrons. The van der Waals surface area contributed by atoms with Crippen LogP contribution in [-0.2, 0) is 26.2 Å². The van der Waals surface area contributed by atoms with Crippen LogP contribution in [0.2, 0.25) is 0 Å². The van der Waals surface area contributed by atoms with Crippen LogP contribution in [0.25, 0.3) is 11.4 Å². The Morgan fingerprint density at radius 1 is 1.12 bits per heavy atom. The number of thioether (sulfide) groups is 1. The Bertz CT molecular complexity index is 1280. The van der Waals surface area contributed by atoms with E-state index in [0.717, 1.165) is 11.8 Å². The fraction of sp³-hybridized carbons (Fsp3) is 0.261. The Hall–Kier alpha value is -3.73. The van der Waals surface area contributed by atoms with Gasteiger partial charge in [-0.25, -0.2) is 4.39 Å². The largest absolute Gasteiger partial charge is 0.455 e. The van der Waals surface area contributed by atoms with Crippen molar-refractivity contribution in [2.24, 2.45) is 7.05 Å². The monoisotopic (exact) mass is 483 g/mol. The molecule has 1 aliphatic heterocycles. The Morgan fingerprint density at radius 3 is 2.59 bits per heavy atom. The van der Waals surface area contributed by atoms with Crippen molar-refractivity contribution in [1.29, 1.82) is 0 Å². The second-order valence-corrected chi connectivity index (χ2v) is 9.00. The number of nitrogens with zero attached hydrogens (tertiary/aromatic N) is 4. The Balaban J connectivity index is 1.38. The first-order valence-electron chi connectivity index (χ1n) is 10.4. The number of amides is 2. The highest BCUT2D eigenvalue weighted by Gasteiger charge is 2.43. The molecular weight excluding hydrogens is 461 g/mol. The third-order valence-corrected chi connectivity index (χ3v) is 6.38. The number of hydrogen-bond acceptors (Lipinski definition) is 7. The maximum absolute atomic E-state index is 14.1. The predicted octanol–water partition coefficient (Wildman–Crippen LogP) is 3.02. The van der Waals surface area contributed by atoms with Gasteiger partial charge in [-0.2, -0.15) is 0 Å². The summed E-state index contributed by atoms with van der Waals surface area (Å²) in [4.78, 5) is 39.1. The van der Waals surface area contributed by atoms with Gasteiger partial charge in [0.25, 0.3) is 5.91 Å². The maximum atomic E-state index is 14.1. The van der Waals surface area contributed by atoms with Crippen molar-refractivity contribution in [2.45, 2.75) is 24.5 Å². The molecule has 2 amide bonds. The van der Waals surface area contributed by atoms with Crippen LogP contribution < -0.4 is 10.2 Å². The van der Waals surface area contributed by atoms with Gasteiger partial charge in [0.1, 0.15) is 11.4 Å². The topological polar surface area (TPSA) is 106 Å². The van der Waals surface area contributed by atoms with Crippen LogP contribution >= 0.6 is 11.8 Å². The van der Waals surface area contributed by atoms with E-state index >= 15 is 0 Å². The fourth-order valence-electron chi connectivity index (χ4n) is 3.59. The molecule has 1 aromatic heterocycles. The van der Waals surface area contributed by atoms with E-state index < -0.39 is 29.8 Å². The standard InChI is InChI=1S/C23H22FN5O4S/c1-23(2)21(32)25-16-10-6-7-11-17(16)29(23)18(30)12-33-19(31)13-34-22-27-26-20(28(22)3)14-8-4-5-9-15(14)24/h4-11H,12-13H2,1-3H3,(H,25,32). The smallest absolute Gasteiger partial charge is 0.316 e. The number of rotatable bonds is 6. The van der Waals surface area contributed by atoms with Crippen LogP contribution in [0, 0.1) is 5.82 Å². The summed E-state index contributed by atoms with van der Waals surface area (Å²) < 4.78 is 20.8. The second kappa shape index (κ2) is 9.26. The lowest BCUT2D eigenvalue weighted by atomic mass is 9.96. The van der Waals surface area contributed by atoms with Crippen LogP contribution in [0.1, 0.15) is 13.8 Å². The Labute approximate surface area is 199 Å². The predicted molar refractivity (Wildman–Crippen MR) is 125 cm³/mol. The summed E-state index contributed by atoms with van der Waals surface area (Å²) in [5.41, 5.74) is 0.178. The molecule has 0 saturated heterocycles. The van der Waals surface area contributed by atoms with Crippen LogP contribution in [0.3, 0.4) is 0 Å². The zero-order chi connectivity index (χ0) is 24.5. The number of carbonyl (C=O) groups is 3. The quantitative estimate of drug-likeness (QED) is 0.424. The number of halogens is 1. The van der Waals surface area contributed by atoms with Crippen molar-refractivity contribution < 1.29 is 23.5 Å². The van der Waals surface area contributed by atoms with Gasteiger partial charge in [0.05, 0.1) is 22.7 Å². The van der Waals surface area contributed by atoms with Gasteiger partial charge in [-0.15, -0.1) is 10.2 Å². The molecular formula is C23H22FN5O4S. The minimum Gasteiger partial charge on any atom is -0.455 e. The summed E-state index contributed by atoms with van der Waals surface area (Å²) in [5.74, 6) is -1.73. The van der Waals surface area contributed by atoms with Crippen molar-refractivity contribution in [3.63, 3.8) is 0 Å². The van der Waals surface area contributed by atoms with Crippen LogP contribution in [0.4, 0.5) is 15.8 Å². The minimum absolute atomic E-state index is 0.128. The average molecular weight is 484 g/mol. The fourth-order valence-corrected chi connectivity index (χ4v) is 4.30. The number of esters is 1. The van der Waals surface area contributed by atoms with Gasteiger partial charge in [-0.3, -0.25) is 19.3 Å². The van der Waals surface area contributed by atoms with Crippen LogP contribution in [-0.4, -0.2) is 50.4 Å². The molecule has 1 aliphatic rings. The number of hydrogen-bond donors (Lipinski definition) is 1. The van der Waals surface area contributed by atoms with Gasteiger partial charge >= 0.3 is 5.97 Å². The van der Waals surface area contributed by atoms with E-state index in [1.54, 1.807) is 67.9 Å². The third kappa shape index (κ3) is 4.38. The maximum Gasteiger partial charge on any atom is 0.316 e. The van der Waals surface area contributed by atoms with Crippen molar-refractivity contribution in [3.8, 4) is 11.4 Å². The van der Waals surface area contributed by atoms with Gasteiger partial charge in [0, 0.05) is 7.05 Å². The van der Waals surface area contributed by atoms with Gasteiger partial charge in [0.15, 0.2) is 17.6 Å². The van der Waals surface area contributed by atoms with Crippen LogP contribution in [0.15, 0.2) is 53.7 Å². The van der Waals surface area contributed by atoms with Gasteiger partial charge in [-0.1, -0.05) is 36.0 Å². The summed E-state index contributed by atoms with van der Waals surface area (Å²) >= 11 is 1.06. The lowest BCUT2D eigenvalue weighted by molar-refractivity contribution is -0.145. The molecule has 9 nitrogen and oxygen atoms in total. The zero-order valence-electron chi connectivity index (χ0n) is 18.7. The number of ether oxygens (including phenoxy) is 1. The van der Waals surface area contributed by atoms with Gasteiger partial charge in [0.2, 0.25) is 5.91 Å². The normalized spacial score (nSPS) is 14.4. The molecule has 4 rings (SSSR count). The molecule has 0 fully saturated rings. The molecule has 11 heteroatoms. The molecule has 2 heterocycles. The number of para-hydroxylation sites is 2. The minimum atomic E-state index is -1.16. The van der Waals surface area contributed by atoms with Crippen LogP contribution in [0.5, 0.6) is 0 Å². The first kappa shape index (κ1) is 23.4. The number of carbonyl (C=O) groups excluding carboxylic acids is 3. The number of aromatic nitrogens is 3. The van der Waals surface area contributed by atoms with E-state index in [0.29, 0.717) is 27.9 Å². The van der Waals surface area contributed by atoms with Gasteiger partial charge in [-0.05, 0) is 38.1 Å². The van der Waals surface area contributed by atoms with E-state index in [4.69, 9.17) is 4.74 Å². The van der Waals surface area contributed by atoms with E-state index in [1.807, 2.05) is 0 Å². The molecule has 0 radical (unpaired) electrons. The summed E-state index contributed by atoms with van der Waals surface area (Å²) in [7, 11) is 1.67. The third-order valence-electron chi connectivity index (χ3n) is 5.38. The molecule has 2 aromatic carbocycles. The Morgan fingerprint density at radius 2 is 1.82 bits per heavy atom. The molecule has 3 aromatic rings. The summed E-state index contributed by atoms with van der Waals surface area (Å²) in [6.45, 7) is 2.72. The van der Waals surface area contributed by atoms with E-state index in [-0.39, 0.29) is 11.7 Å². The molecule has 34 heavy (non-hydrogen) atoms. The highest BCUT2D eigenvalue weighted by molar-refractivity contribution is 7.99. The number of nitrogens with one attached hydrogen (secondary N) is 1. The molecule has 1 N–H and O–H groups in total. The second-order valence-electron chi connectivity index (χ2n) is 8.05. The zero-order valence-corrected chi connectivity index (χ0v) is 19.6. The highest BCUT2D eigenvalue weighted by atomic mass is 32.2.